The Kier molecular flexibility index (Phi) is 6.95. The van der Waals surface area contributed by atoms with E-state index in [9.17, 15) is 14.0 Å². The van der Waals surface area contributed by atoms with Gasteiger partial charge in [0.1, 0.15) is 11.6 Å². The first-order valence-electron chi connectivity index (χ1n) is 7.94. The number of benzene rings is 2. The quantitative estimate of drug-likeness (QED) is 0.747. The molecule has 1 atom stereocenters. The molecule has 0 fully saturated rings. The van der Waals surface area contributed by atoms with Crippen LogP contribution in [-0.2, 0) is 20.9 Å². The lowest BCUT2D eigenvalue weighted by Gasteiger charge is -2.14. The molecule has 25 heavy (non-hydrogen) atoms. The Hall–Kier alpha value is -2.89. The highest BCUT2D eigenvalue weighted by molar-refractivity contribution is 5.83. The number of hydrogen-bond donors (Lipinski definition) is 1. The summed E-state index contributed by atoms with van der Waals surface area (Å²) < 4.78 is 23.3. The number of hydrogen-bond acceptors (Lipinski definition) is 4. The largest absolute Gasteiger partial charge is 0.493 e. The average Bonchev–Trinajstić information content (AvgIpc) is 2.61. The Bertz CT molecular complexity index is 688. The van der Waals surface area contributed by atoms with Gasteiger partial charge in [-0.2, -0.15) is 0 Å². The first kappa shape index (κ1) is 18.4. The van der Waals surface area contributed by atoms with Crippen molar-refractivity contribution in [2.45, 2.75) is 26.0 Å². The molecule has 1 amide bonds. The zero-order valence-electron chi connectivity index (χ0n) is 13.9. The van der Waals surface area contributed by atoms with Gasteiger partial charge < -0.3 is 14.8 Å². The third kappa shape index (κ3) is 6.63. The van der Waals surface area contributed by atoms with Crippen molar-refractivity contribution in [2.24, 2.45) is 0 Å². The van der Waals surface area contributed by atoms with Gasteiger partial charge in [-0.3, -0.25) is 9.59 Å². The zero-order chi connectivity index (χ0) is 18.1. The summed E-state index contributed by atoms with van der Waals surface area (Å²) >= 11 is 0. The van der Waals surface area contributed by atoms with E-state index in [1.54, 1.807) is 24.3 Å². The fourth-order valence-electron chi connectivity index (χ4n) is 2.01. The molecule has 2 rings (SSSR count). The van der Waals surface area contributed by atoms with Crippen LogP contribution >= 0.6 is 0 Å². The van der Waals surface area contributed by atoms with Crippen LogP contribution in [0.2, 0.25) is 0 Å². The number of amides is 1. The van der Waals surface area contributed by atoms with Crippen molar-refractivity contribution in [1.82, 2.24) is 5.32 Å². The molecule has 2 aromatic carbocycles. The molecule has 0 aliphatic carbocycles. The van der Waals surface area contributed by atoms with E-state index < -0.39 is 18.0 Å². The van der Waals surface area contributed by atoms with Crippen LogP contribution < -0.4 is 10.1 Å². The fraction of sp³-hybridized carbons (Fsp3) is 0.263. The zero-order valence-corrected chi connectivity index (χ0v) is 13.9. The second-order valence-corrected chi connectivity index (χ2v) is 5.39. The maximum absolute atomic E-state index is 12.8. The third-order valence-electron chi connectivity index (χ3n) is 3.38. The summed E-state index contributed by atoms with van der Waals surface area (Å²) in [5, 5.41) is 2.64. The summed E-state index contributed by atoms with van der Waals surface area (Å²) in [7, 11) is 0. The molecule has 0 unspecified atom stereocenters. The maximum atomic E-state index is 12.8. The Morgan fingerprint density at radius 2 is 1.76 bits per heavy atom. The van der Waals surface area contributed by atoms with Gasteiger partial charge in [-0.15, -0.1) is 0 Å². The molecule has 0 saturated heterocycles. The Labute approximate surface area is 145 Å². The SMILES string of the molecule is C[C@H](OC(=O)CCOc1ccccc1)C(=O)NCc1ccc(F)cc1. The molecule has 0 heterocycles. The number of para-hydroxylation sites is 1. The van der Waals surface area contributed by atoms with Gasteiger partial charge in [-0.25, -0.2) is 4.39 Å². The molecule has 1 N–H and O–H groups in total. The van der Waals surface area contributed by atoms with Gasteiger partial charge in [0.15, 0.2) is 6.10 Å². The molecule has 132 valence electrons. The van der Waals surface area contributed by atoms with Crippen molar-refractivity contribution in [1.29, 1.82) is 0 Å². The van der Waals surface area contributed by atoms with Crippen LogP contribution in [0.1, 0.15) is 18.9 Å². The molecular formula is C19H20FNO4. The molecule has 0 spiro atoms. The highest BCUT2D eigenvalue weighted by Crippen LogP contribution is 2.09. The smallest absolute Gasteiger partial charge is 0.310 e. The average molecular weight is 345 g/mol. The number of carbonyl (C=O) groups excluding carboxylic acids is 2. The third-order valence-corrected chi connectivity index (χ3v) is 3.38. The van der Waals surface area contributed by atoms with Gasteiger partial charge in [-0.05, 0) is 36.8 Å². The molecule has 2 aromatic rings. The van der Waals surface area contributed by atoms with E-state index in [4.69, 9.17) is 9.47 Å². The molecule has 6 heteroatoms. The van der Waals surface area contributed by atoms with E-state index in [1.165, 1.54) is 19.1 Å². The Morgan fingerprint density at radius 1 is 1.08 bits per heavy atom. The first-order chi connectivity index (χ1) is 12.0. The minimum atomic E-state index is -0.912. The second-order valence-electron chi connectivity index (χ2n) is 5.39. The van der Waals surface area contributed by atoms with Crippen LogP contribution in [-0.4, -0.2) is 24.6 Å². The molecule has 0 radical (unpaired) electrons. The van der Waals surface area contributed by atoms with Crippen LogP contribution in [0.25, 0.3) is 0 Å². The molecule has 0 aliphatic heterocycles. The standard InChI is InChI=1S/C19H20FNO4/c1-14(19(23)21-13-15-7-9-16(20)10-8-15)25-18(22)11-12-24-17-5-3-2-4-6-17/h2-10,14H,11-13H2,1H3,(H,21,23)/t14-/m0/s1. The van der Waals surface area contributed by atoms with Gasteiger partial charge in [0, 0.05) is 6.54 Å². The molecule has 0 saturated carbocycles. The summed E-state index contributed by atoms with van der Waals surface area (Å²) in [5.41, 5.74) is 0.754. The number of ether oxygens (including phenoxy) is 2. The number of esters is 1. The van der Waals surface area contributed by atoms with Crippen molar-refractivity contribution in [2.75, 3.05) is 6.61 Å². The van der Waals surface area contributed by atoms with Crippen molar-refractivity contribution in [3.63, 3.8) is 0 Å². The number of carbonyl (C=O) groups is 2. The summed E-state index contributed by atoms with van der Waals surface area (Å²) in [4.78, 5) is 23.7. The Balaban J connectivity index is 1.67. The van der Waals surface area contributed by atoms with E-state index >= 15 is 0 Å². The van der Waals surface area contributed by atoms with Gasteiger partial charge in [0.2, 0.25) is 0 Å². The topological polar surface area (TPSA) is 64.6 Å². The van der Waals surface area contributed by atoms with Crippen LogP contribution in [0.4, 0.5) is 4.39 Å². The van der Waals surface area contributed by atoms with E-state index in [-0.39, 0.29) is 25.4 Å². The van der Waals surface area contributed by atoms with Crippen molar-refractivity contribution in [3.8, 4) is 5.75 Å². The highest BCUT2D eigenvalue weighted by atomic mass is 19.1. The van der Waals surface area contributed by atoms with Crippen molar-refractivity contribution < 1.29 is 23.5 Å². The minimum Gasteiger partial charge on any atom is -0.493 e. The molecule has 0 aromatic heterocycles. The predicted molar refractivity (Wildman–Crippen MR) is 90.4 cm³/mol. The van der Waals surface area contributed by atoms with E-state index in [0.717, 1.165) is 5.56 Å². The lowest BCUT2D eigenvalue weighted by Crippen LogP contribution is -2.35. The second kappa shape index (κ2) is 9.42. The number of rotatable bonds is 8. The van der Waals surface area contributed by atoms with Crippen LogP contribution in [0.5, 0.6) is 5.75 Å². The van der Waals surface area contributed by atoms with E-state index in [1.807, 2.05) is 18.2 Å². The lowest BCUT2D eigenvalue weighted by atomic mass is 10.2. The van der Waals surface area contributed by atoms with Crippen LogP contribution in [0.15, 0.2) is 54.6 Å². The van der Waals surface area contributed by atoms with Gasteiger partial charge in [0.05, 0.1) is 13.0 Å². The highest BCUT2D eigenvalue weighted by Gasteiger charge is 2.17. The van der Waals surface area contributed by atoms with Crippen molar-refractivity contribution >= 4 is 11.9 Å². The molecular weight excluding hydrogens is 325 g/mol. The molecule has 0 aliphatic rings. The number of halogens is 1. The van der Waals surface area contributed by atoms with Crippen LogP contribution in [0.3, 0.4) is 0 Å². The minimum absolute atomic E-state index is 0.0461. The summed E-state index contributed by atoms with van der Waals surface area (Å²) in [5.74, 6) is -0.600. The van der Waals surface area contributed by atoms with Gasteiger partial charge >= 0.3 is 5.97 Å². The van der Waals surface area contributed by atoms with Crippen molar-refractivity contribution in [3.05, 3.63) is 66.0 Å². The molecule has 5 nitrogen and oxygen atoms in total. The summed E-state index contributed by atoms with van der Waals surface area (Å²) in [6, 6.07) is 14.9. The lowest BCUT2D eigenvalue weighted by molar-refractivity contribution is -0.155. The van der Waals surface area contributed by atoms with E-state index in [0.29, 0.717) is 5.75 Å². The normalized spacial score (nSPS) is 11.4. The summed E-state index contributed by atoms with van der Waals surface area (Å²) in [6.45, 7) is 1.90. The Morgan fingerprint density at radius 3 is 2.44 bits per heavy atom. The van der Waals surface area contributed by atoms with Crippen LogP contribution in [0, 0.1) is 5.82 Å². The summed E-state index contributed by atoms with van der Waals surface area (Å²) in [6.07, 6.45) is -0.866. The first-order valence-corrected chi connectivity index (χ1v) is 7.94. The number of nitrogens with one attached hydrogen (secondary N) is 1. The predicted octanol–water partition coefficient (Wildman–Crippen LogP) is 2.84. The fourth-order valence-corrected chi connectivity index (χ4v) is 2.01. The monoisotopic (exact) mass is 345 g/mol. The van der Waals surface area contributed by atoms with Gasteiger partial charge in [-0.1, -0.05) is 30.3 Å². The molecule has 0 bridgehead atoms. The van der Waals surface area contributed by atoms with E-state index in [2.05, 4.69) is 5.32 Å². The maximum Gasteiger partial charge on any atom is 0.310 e. The van der Waals surface area contributed by atoms with Gasteiger partial charge in [0.25, 0.3) is 5.91 Å².